The second-order valence-electron chi connectivity index (χ2n) is 7.78. The Morgan fingerprint density at radius 1 is 1.22 bits per heavy atom. The molecule has 166 valence electrons. The fourth-order valence-corrected chi connectivity index (χ4v) is 4.13. The zero-order valence-corrected chi connectivity index (χ0v) is 18.8. The number of benzene rings is 2. The van der Waals surface area contributed by atoms with Crippen molar-refractivity contribution in [1.29, 1.82) is 0 Å². The summed E-state index contributed by atoms with van der Waals surface area (Å²) in [7, 11) is 0. The van der Waals surface area contributed by atoms with Crippen LogP contribution < -0.4 is 14.8 Å². The standard InChI is InChI=1S/C25H27N3O3S/c1-32-28-25(30)20-5-2-4-17(13-20)18-8-10-24-19(12-18)7-9-22(31-24)15-27-16-23(29)21-6-3-11-26-14-21/h2-6,8,10-14,22-23,27,29H,7,9,15-16H2,1H3,(H,28,30). The number of pyridine rings is 1. The van der Waals surface area contributed by atoms with Crippen LogP contribution in [-0.2, 0) is 6.42 Å². The summed E-state index contributed by atoms with van der Waals surface area (Å²) < 4.78 is 8.94. The summed E-state index contributed by atoms with van der Waals surface area (Å²) >= 11 is 1.29. The van der Waals surface area contributed by atoms with Crippen LogP contribution in [0.3, 0.4) is 0 Å². The van der Waals surface area contributed by atoms with E-state index in [2.05, 4.69) is 21.1 Å². The molecule has 7 heteroatoms. The molecule has 6 nitrogen and oxygen atoms in total. The zero-order valence-electron chi connectivity index (χ0n) is 18.0. The van der Waals surface area contributed by atoms with E-state index in [1.54, 1.807) is 12.4 Å². The molecule has 0 fully saturated rings. The highest BCUT2D eigenvalue weighted by molar-refractivity contribution is 7.97. The highest BCUT2D eigenvalue weighted by atomic mass is 32.2. The van der Waals surface area contributed by atoms with Gasteiger partial charge in [0.15, 0.2) is 0 Å². The topological polar surface area (TPSA) is 83.5 Å². The van der Waals surface area contributed by atoms with Gasteiger partial charge in [0.05, 0.1) is 6.10 Å². The summed E-state index contributed by atoms with van der Waals surface area (Å²) in [4.78, 5) is 16.2. The zero-order chi connectivity index (χ0) is 22.3. The first kappa shape index (κ1) is 22.3. The largest absolute Gasteiger partial charge is 0.489 e. The van der Waals surface area contributed by atoms with Crippen molar-refractivity contribution in [3.8, 4) is 16.9 Å². The highest BCUT2D eigenvalue weighted by Crippen LogP contribution is 2.32. The van der Waals surface area contributed by atoms with Crippen LogP contribution in [0.1, 0.15) is 34.0 Å². The van der Waals surface area contributed by atoms with E-state index >= 15 is 0 Å². The van der Waals surface area contributed by atoms with Gasteiger partial charge in [-0.25, -0.2) is 0 Å². The second-order valence-corrected chi connectivity index (χ2v) is 8.39. The van der Waals surface area contributed by atoms with Crippen LogP contribution in [0.5, 0.6) is 5.75 Å². The van der Waals surface area contributed by atoms with Gasteiger partial charge in [0, 0.05) is 42.9 Å². The molecule has 0 aliphatic carbocycles. The number of nitrogens with one attached hydrogen (secondary N) is 2. The van der Waals surface area contributed by atoms with E-state index in [0.29, 0.717) is 18.7 Å². The number of rotatable bonds is 8. The van der Waals surface area contributed by atoms with Crippen molar-refractivity contribution in [2.75, 3.05) is 19.3 Å². The molecule has 3 N–H and O–H groups in total. The summed E-state index contributed by atoms with van der Waals surface area (Å²) in [5.74, 6) is 0.806. The van der Waals surface area contributed by atoms with Crippen LogP contribution in [0.25, 0.3) is 11.1 Å². The Bertz CT molecular complexity index is 1060. The number of aromatic nitrogens is 1. The first-order valence-corrected chi connectivity index (χ1v) is 11.9. The number of carbonyl (C=O) groups excluding carboxylic acids is 1. The molecular weight excluding hydrogens is 422 g/mol. The lowest BCUT2D eigenvalue weighted by molar-refractivity contribution is 0.0984. The molecule has 1 aliphatic heterocycles. The first-order valence-electron chi connectivity index (χ1n) is 10.7. The van der Waals surface area contributed by atoms with Crippen LogP contribution in [0.4, 0.5) is 0 Å². The lowest BCUT2D eigenvalue weighted by Gasteiger charge is -2.27. The van der Waals surface area contributed by atoms with Crippen molar-refractivity contribution >= 4 is 17.9 Å². The number of hydrogen-bond acceptors (Lipinski definition) is 6. The van der Waals surface area contributed by atoms with Crippen LogP contribution in [-0.4, -0.2) is 41.4 Å². The number of ether oxygens (including phenoxy) is 1. The molecule has 32 heavy (non-hydrogen) atoms. The number of fused-ring (bicyclic) bond motifs is 1. The number of amides is 1. The number of nitrogens with zero attached hydrogens (tertiary/aromatic N) is 1. The molecule has 2 aromatic carbocycles. The Hall–Kier alpha value is -2.87. The smallest absolute Gasteiger partial charge is 0.261 e. The Morgan fingerprint density at radius 2 is 2.09 bits per heavy atom. The fourth-order valence-electron chi connectivity index (χ4n) is 3.83. The third-order valence-electron chi connectivity index (χ3n) is 5.52. The van der Waals surface area contributed by atoms with Crippen molar-refractivity contribution in [1.82, 2.24) is 15.0 Å². The minimum atomic E-state index is -0.587. The molecule has 4 rings (SSSR count). The van der Waals surface area contributed by atoms with Crippen molar-refractivity contribution in [2.24, 2.45) is 0 Å². The van der Waals surface area contributed by atoms with Gasteiger partial charge in [-0.1, -0.05) is 36.2 Å². The molecule has 0 spiro atoms. The van der Waals surface area contributed by atoms with Gasteiger partial charge in [-0.3, -0.25) is 14.5 Å². The molecule has 2 heterocycles. The van der Waals surface area contributed by atoms with Gasteiger partial charge in [-0.05, 0) is 59.9 Å². The maximum absolute atomic E-state index is 12.1. The minimum absolute atomic E-state index is 0.0630. The summed E-state index contributed by atoms with van der Waals surface area (Å²) in [6.45, 7) is 1.13. The lowest BCUT2D eigenvalue weighted by Crippen LogP contribution is -2.36. The molecule has 3 aromatic rings. The van der Waals surface area contributed by atoms with Gasteiger partial charge in [-0.2, -0.15) is 0 Å². The van der Waals surface area contributed by atoms with Gasteiger partial charge in [0.1, 0.15) is 11.9 Å². The van der Waals surface area contributed by atoms with E-state index in [4.69, 9.17) is 4.74 Å². The maximum atomic E-state index is 12.1. The van der Waals surface area contributed by atoms with Gasteiger partial charge in [0.2, 0.25) is 0 Å². The van der Waals surface area contributed by atoms with E-state index in [-0.39, 0.29) is 12.0 Å². The monoisotopic (exact) mass is 449 g/mol. The van der Waals surface area contributed by atoms with Crippen LogP contribution in [0.2, 0.25) is 0 Å². The molecule has 2 atom stereocenters. The Labute approximate surface area is 192 Å². The van der Waals surface area contributed by atoms with Gasteiger partial charge < -0.3 is 15.2 Å². The molecule has 2 unspecified atom stereocenters. The fraction of sp³-hybridized carbons (Fsp3) is 0.280. The predicted octanol–water partition coefficient (Wildman–Crippen LogP) is 3.77. The molecular formula is C25H27N3O3S. The molecule has 0 radical (unpaired) electrons. The summed E-state index contributed by atoms with van der Waals surface area (Å²) in [5, 5.41) is 13.6. The van der Waals surface area contributed by atoms with Crippen LogP contribution >= 0.6 is 11.9 Å². The quantitative estimate of drug-likeness (QED) is 0.454. The van der Waals surface area contributed by atoms with Gasteiger partial charge in [-0.15, -0.1) is 0 Å². The maximum Gasteiger partial charge on any atom is 0.261 e. The van der Waals surface area contributed by atoms with Crippen molar-refractivity contribution in [2.45, 2.75) is 25.0 Å². The molecule has 0 saturated carbocycles. The average molecular weight is 450 g/mol. The van der Waals surface area contributed by atoms with E-state index < -0.39 is 6.10 Å². The summed E-state index contributed by atoms with van der Waals surface area (Å²) in [5.41, 5.74) is 4.70. The Kier molecular flexibility index (Phi) is 7.42. The molecule has 1 amide bonds. The third kappa shape index (κ3) is 5.48. The minimum Gasteiger partial charge on any atom is -0.489 e. The highest BCUT2D eigenvalue weighted by Gasteiger charge is 2.20. The number of aliphatic hydroxyl groups excluding tert-OH is 1. The SMILES string of the molecule is CSNC(=O)c1cccc(-c2ccc3c(c2)CCC(CNCC(O)c2cccnc2)O3)c1. The second kappa shape index (κ2) is 10.6. The average Bonchev–Trinajstić information content (AvgIpc) is 2.84. The van der Waals surface area contributed by atoms with Crippen LogP contribution in [0.15, 0.2) is 67.0 Å². The van der Waals surface area contributed by atoms with Gasteiger partial charge in [0.25, 0.3) is 5.91 Å². The van der Waals surface area contributed by atoms with Crippen molar-refractivity contribution < 1.29 is 14.6 Å². The molecule has 1 aliphatic rings. The van der Waals surface area contributed by atoms with E-state index in [1.807, 2.05) is 54.8 Å². The third-order valence-corrected chi connectivity index (χ3v) is 5.91. The molecule has 1 aromatic heterocycles. The normalized spacial score (nSPS) is 16.0. The van der Waals surface area contributed by atoms with Crippen molar-refractivity contribution in [3.05, 3.63) is 83.7 Å². The summed E-state index contributed by atoms with van der Waals surface area (Å²) in [6.07, 6.45) is 6.51. The Balaban J connectivity index is 1.35. The van der Waals surface area contributed by atoms with Gasteiger partial charge >= 0.3 is 0 Å². The van der Waals surface area contributed by atoms with E-state index in [1.165, 1.54) is 17.5 Å². The van der Waals surface area contributed by atoms with E-state index in [0.717, 1.165) is 35.3 Å². The first-order chi connectivity index (χ1) is 15.6. The predicted molar refractivity (Wildman–Crippen MR) is 128 cm³/mol. The Morgan fingerprint density at radius 3 is 2.91 bits per heavy atom. The number of aryl methyl sites for hydroxylation is 1. The summed E-state index contributed by atoms with van der Waals surface area (Å²) in [6, 6.07) is 17.5. The van der Waals surface area contributed by atoms with E-state index in [9.17, 15) is 9.90 Å². The number of carbonyl (C=O) groups is 1. The number of hydrogen-bond donors (Lipinski definition) is 3. The lowest BCUT2D eigenvalue weighted by atomic mass is 9.96. The molecule has 0 saturated heterocycles. The van der Waals surface area contributed by atoms with Crippen LogP contribution in [0, 0.1) is 0 Å². The molecule has 0 bridgehead atoms. The van der Waals surface area contributed by atoms with Crippen molar-refractivity contribution in [3.63, 3.8) is 0 Å². The number of aliphatic hydroxyl groups is 1.